The summed E-state index contributed by atoms with van der Waals surface area (Å²) < 4.78 is 41.8. The Bertz CT molecular complexity index is 489. The van der Waals surface area contributed by atoms with Gasteiger partial charge in [0.2, 0.25) is 0 Å². The molecule has 126 valence electrons. The van der Waals surface area contributed by atoms with E-state index in [1.807, 2.05) is 11.4 Å². The van der Waals surface area contributed by atoms with Crippen LogP contribution in [0.4, 0.5) is 0 Å². The Hall–Kier alpha value is 0.488. The molecule has 0 aromatic carbocycles. The molecule has 0 amide bonds. The SMILES string of the molecule is C[As](C)(=S)C[C@H]1O[C@@H](OC[C@H](O)CS(=O)(=O)[O-])[C@H](O)[C@@H]1O. The van der Waals surface area contributed by atoms with Crippen molar-refractivity contribution in [3.05, 3.63) is 0 Å². The number of rotatable bonds is 7. The predicted octanol–water partition coefficient (Wildman–Crippen LogP) is -1.24. The Morgan fingerprint density at radius 2 is 1.95 bits per heavy atom. The molecule has 0 saturated carbocycles. The van der Waals surface area contributed by atoms with Crippen LogP contribution in [0.1, 0.15) is 0 Å². The molecule has 1 saturated heterocycles. The van der Waals surface area contributed by atoms with Crippen molar-refractivity contribution < 1.29 is 37.8 Å². The fraction of sp³-hybridized carbons (Fsp3) is 1.00. The fourth-order valence-electron chi connectivity index (χ4n) is 1.93. The van der Waals surface area contributed by atoms with Crippen LogP contribution in [0, 0.1) is 0 Å². The van der Waals surface area contributed by atoms with Gasteiger partial charge in [-0.3, -0.25) is 0 Å². The molecule has 3 N–H and O–H groups in total. The number of hydrogen-bond donors (Lipinski definition) is 3. The van der Waals surface area contributed by atoms with E-state index >= 15 is 0 Å². The molecule has 1 aliphatic heterocycles. The Morgan fingerprint density at radius 3 is 2.43 bits per heavy atom. The van der Waals surface area contributed by atoms with Crippen LogP contribution in [0.2, 0.25) is 16.6 Å². The molecule has 0 aromatic rings. The maximum absolute atomic E-state index is 10.5. The first-order valence-corrected chi connectivity index (χ1v) is 15.5. The maximum atomic E-state index is 10.5. The summed E-state index contributed by atoms with van der Waals surface area (Å²) in [6.45, 7) is -0.500. The van der Waals surface area contributed by atoms with E-state index < -0.39 is 65.1 Å². The van der Waals surface area contributed by atoms with E-state index in [4.69, 9.17) is 19.9 Å². The zero-order chi connectivity index (χ0) is 16.4. The van der Waals surface area contributed by atoms with Gasteiger partial charge in [0.1, 0.15) is 0 Å². The second kappa shape index (κ2) is 7.37. The summed E-state index contributed by atoms with van der Waals surface area (Å²) in [5, 5.41) is 29.5. The normalized spacial score (nSPS) is 32.3. The topological polar surface area (TPSA) is 136 Å². The second-order valence-corrected chi connectivity index (χ2v) is 19.4. The van der Waals surface area contributed by atoms with Crippen molar-refractivity contribution in [3.8, 4) is 0 Å². The molecule has 8 nitrogen and oxygen atoms in total. The molecular weight excluding hydrogens is 387 g/mol. The number of hydrogen-bond acceptors (Lipinski definition) is 9. The zero-order valence-electron chi connectivity index (χ0n) is 11.7. The molecule has 0 bridgehead atoms. The van der Waals surface area contributed by atoms with Crippen LogP contribution in [-0.4, -0.2) is 83.2 Å². The van der Waals surface area contributed by atoms with E-state index in [1.165, 1.54) is 0 Å². The van der Waals surface area contributed by atoms with Gasteiger partial charge in [-0.1, -0.05) is 0 Å². The summed E-state index contributed by atoms with van der Waals surface area (Å²) in [7, 11) is 0.767. The second-order valence-electron chi connectivity index (χ2n) is 5.49. The average Bonchev–Trinajstić information content (AvgIpc) is 2.50. The van der Waals surface area contributed by atoms with Gasteiger partial charge in [0, 0.05) is 0 Å². The van der Waals surface area contributed by atoms with Crippen molar-refractivity contribution in [2.24, 2.45) is 0 Å². The third-order valence-electron chi connectivity index (χ3n) is 2.79. The van der Waals surface area contributed by atoms with E-state index in [0.29, 0.717) is 5.21 Å². The van der Waals surface area contributed by atoms with Crippen LogP contribution in [0.5, 0.6) is 0 Å². The quantitative estimate of drug-likeness (QED) is 0.350. The minimum atomic E-state index is -4.57. The molecule has 0 aromatic heterocycles. The van der Waals surface area contributed by atoms with Crippen molar-refractivity contribution in [2.75, 3.05) is 12.4 Å². The molecule has 0 aliphatic carbocycles. The van der Waals surface area contributed by atoms with E-state index in [1.54, 1.807) is 0 Å². The van der Waals surface area contributed by atoms with Gasteiger partial charge in [-0.05, 0) is 0 Å². The standard InChI is InChI=1S/C10H21AsO8S2/c1-11(2,20)3-7-8(13)9(14)10(19-7)18-4-6(12)5-21(15,16)17/h6-10,12-14H,3-5H2,1-2H3,(H,15,16,17)/p-1/t6-,7+,8+,9+,10+/m0/s1. The Kier molecular flexibility index (Phi) is 6.86. The first kappa shape index (κ1) is 19.5. The van der Waals surface area contributed by atoms with Crippen LogP contribution in [0.3, 0.4) is 0 Å². The van der Waals surface area contributed by atoms with E-state index in [9.17, 15) is 28.3 Å². The number of aliphatic hydroxyl groups excluding tert-OH is 3. The first-order chi connectivity index (χ1) is 9.39. The van der Waals surface area contributed by atoms with Gasteiger partial charge in [-0.25, -0.2) is 0 Å². The molecule has 1 fully saturated rings. The van der Waals surface area contributed by atoms with Gasteiger partial charge < -0.3 is 0 Å². The molecule has 1 heterocycles. The van der Waals surface area contributed by atoms with Gasteiger partial charge in [0.25, 0.3) is 0 Å². The average molecular weight is 407 g/mol. The molecule has 0 spiro atoms. The summed E-state index contributed by atoms with van der Waals surface area (Å²) in [6.07, 6.45) is -5.83. The Balaban J connectivity index is 2.52. The monoisotopic (exact) mass is 407 g/mol. The number of aliphatic hydroxyl groups is 3. The van der Waals surface area contributed by atoms with Crippen LogP contribution < -0.4 is 0 Å². The zero-order valence-corrected chi connectivity index (χ0v) is 15.2. The molecule has 1 rings (SSSR count). The fourth-order valence-corrected chi connectivity index (χ4v) is 5.71. The van der Waals surface area contributed by atoms with E-state index in [-0.39, 0.29) is 0 Å². The van der Waals surface area contributed by atoms with E-state index in [0.717, 1.165) is 0 Å². The van der Waals surface area contributed by atoms with Gasteiger partial charge in [-0.2, -0.15) is 0 Å². The predicted molar refractivity (Wildman–Crippen MR) is 77.1 cm³/mol. The molecular formula is C10H20AsO8S2-. The molecule has 1 aliphatic rings. The molecule has 11 heteroatoms. The van der Waals surface area contributed by atoms with Gasteiger partial charge >= 0.3 is 130 Å². The summed E-state index contributed by atoms with van der Waals surface area (Å²) in [5.41, 5.74) is 3.88. The van der Waals surface area contributed by atoms with Crippen LogP contribution in [0.25, 0.3) is 0 Å². The van der Waals surface area contributed by atoms with Gasteiger partial charge in [0.15, 0.2) is 0 Å². The number of ether oxygens (including phenoxy) is 2. The van der Waals surface area contributed by atoms with Gasteiger partial charge in [0.05, 0.1) is 0 Å². The third kappa shape index (κ3) is 7.06. The summed E-state index contributed by atoms with van der Waals surface area (Å²) in [4.78, 5) is 0. The van der Waals surface area contributed by atoms with Crippen LogP contribution >= 0.6 is 10.4 Å². The minimum absolute atomic E-state index is 0.475. The van der Waals surface area contributed by atoms with Crippen molar-refractivity contribution in [2.45, 2.75) is 47.3 Å². The Labute approximate surface area is 130 Å². The van der Waals surface area contributed by atoms with Crippen molar-refractivity contribution in [3.63, 3.8) is 0 Å². The Morgan fingerprint density at radius 1 is 1.38 bits per heavy atom. The summed E-state index contributed by atoms with van der Waals surface area (Å²) in [6, 6.07) is 0. The summed E-state index contributed by atoms with van der Waals surface area (Å²) >= 11 is -2.27. The van der Waals surface area contributed by atoms with Crippen molar-refractivity contribution in [1.82, 2.24) is 0 Å². The summed E-state index contributed by atoms with van der Waals surface area (Å²) in [5.74, 6) is -0.991. The van der Waals surface area contributed by atoms with Crippen LogP contribution in [0.15, 0.2) is 0 Å². The molecule has 0 radical (unpaired) electrons. The first-order valence-electron chi connectivity index (χ1n) is 6.18. The van der Waals surface area contributed by atoms with Gasteiger partial charge in [-0.15, -0.1) is 0 Å². The van der Waals surface area contributed by atoms with Crippen molar-refractivity contribution >= 4 is 32.4 Å². The third-order valence-corrected chi connectivity index (χ3v) is 6.96. The molecule has 5 atom stereocenters. The molecule has 21 heavy (non-hydrogen) atoms. The van der Waals surface area contributed by atoms with Crippen molar-refractivity contribution in [1.29, 1.82) is 0 Å². The van der Waals surface area contributed by atoms with Crippen LogP contribution in [-0.2, 0) is 19.6 Å². The molecule has 0 unspecified atom stereocenters. The van der Waals surface area contributed by atoms with E-state index in [2.05, 4.69) is 0 Å².